The van der Waals surface area contributed by atoms with E-state index in [4.69, 9.17) is 11.5 Å². The number of nitrogens with two attached hydrogens (primary N) is 2. The lowest BCUT2D eigenvalue weighted by Crippen LogP contribution is -2.23. The van der Waals surface area contributed by atoms with Crippen molar-refractivity contribution in [2.24, 2.45) is 16.5 Å². The summed E-state index contributed by atoms with van der Waals surface area (Å²) in [6.45, 7) is 0.652. The van der Waals surface area contributed by atoms with Crippen LogP contribution in [0.5, 0.6) is 0 Å². The fourth-order valence-corrected chi connectivity index (χ4v) is 2.15. The summed E-state index contributed by atoms with van der Waals surface area (Å²) < 4.78 is 0.867. The highest BCUT2D eigenvalue weighted by atomic mass is 79.9. The van der Waals surface area contributed by atoms with Gasteiger partial charge in [0.1, 0.15) is 4.60 Å². The lowest BCUT2D eigenvalue weighted by atomic mass is 10.6. The minimum Gasteiger partial charge on any atom is -0.370 e. The molecule has 0 aliphatic carbocycles. The van der Waals surface area contributed by atoms with Crippen LogP contribution in [0.15, 0.2) is 15.9 Å². The molecule has 14 heavy (non-hydrogen) atoms. The summed E-state index contributed by atoms with van der Waals surface area (Å²) >= 11 is 5.08. The number of aromatic nitrogens is 2. The lowest BCUT2D eigenvalue weighted by molar-refractivity contribution is 1.12. The van der Waals surface area contributed by atoms with E-state index in [9.17, 15) is 0 Å². The maximum Gasteiger partial charge on any atom is 0.185 e. The van der Waals surface area contributed by atoms with Crippen LogP contribution in [0.3, 0.4) is 0 Å². The molecule has 1 aromatic heterocycles. The summed E-state index contributed by atoms with van der Waals surface area (Å²) in [5.74, 6) is 1.91. The standard InChI is InChI=1S/C7H12BrN5S/c8-6-5(12-4-13-6)3-14-2-1-11-7(9)10/h4H,1-3H2,(H,12,13)(H4,9,10,11). The SMILES string of the molecule is NC(N)=NCCSCc1[nH]cnc1Br. The molecule has 78 valence electrons. The largest absolute Gasteiger partial charge is 0.370 e. The Bertz CT molecular complexity index is 307. The second kappa shape index (κ2) is 5.92. The predicted molar refractivity (Wildman–Crippen MR) is 63.1 cm³/mol. The van der Waals surface area contributed by atoms with Crippen LogP contribution >= 0.6 is 27.7 Å². The summed E-state index contributed by atoms with van der Waals surface area (Å²) in [5, 5.41) is 0. The molecule has 0 aliphatic heterocycles. The molecule has 0 unspecified atom stereocenters. The number of rotatable bonds is 5. The van der Waals surface area contributed by atoms with Crippen molar-refractivity contribution in [1.29, 1.82) is 0 Å². The number of aliphatic imine (C=N–C) groups is 1. The van der Waals surface area contributed by atoms with Crippen molar-refractivity contribution in [2.75, 3.05) is 12.3 Å². The van der Waals surface area contributed by atoms with Crippen molar-refractivity contribution in [3.05, 3.63) is 16.6 Å². The third-order valence-electron chi connectivity index (χ3n) is 1.44. The third-order valence-corrected chi connectivity index (χ3v) is 3.09. The molecule has 5 N–H and O–H groups in total. The van der Waals surface area contributed by atoms with Crippen LogP contribution in [0, 0.1) is 0 Å². The fraction of sp³-hybridized carbons (Fsp3) is 0.429. The lowest BCUT2D eigenvalue weighted by Gasteiger charge is -1.97. The molecule has 7 heteroatoms. The summed E-state index contributed by atoms with van der Waals surface area (Å²) in [6.07, 6.45) is 1.66. The zero-order valence-electron chi connectivity index (χ0n) is 7.53. The highest BCUT2D eigenvalue weighted by molar-refractivity contribution is 9.10. The first-order chi connectivity index (χ1) is 6.70. The van der Waals surface area contributed by atoms with Gasteiger partial charge in [-0.1, -0.05) is 0 Å². The van der Waals surface area contributed by atoms with Crippen molar-refractivity contribution in [2.45, 2.75) is 5.75 Å². The molecule has 1 heterocycles. The van der Waals surface area contributed by atoms with Gasteiger partial charge in [-0.2, -0.15) is 11.8 Å². The number of H-pyrrole nitrogens is 1. The van der Waals surface area contributed by atoms with Gasteiger partial charge < -0.3 is 16.5 Å². The van der Waals surface area contributed by atoms with Crippen LogP contribution in [0.4, 0.5) is 0 Å². The minimum absolute atomic E-state index is 0.147. The zero-order chi connectivity index (χ0) is 10.4. The van der Waals surface area contributed by atoms with E-state index in [2.05, 4.69) is 30.9 Å². The van der Waals surface area contributed by atoms with E-state index in [-0.39, 0.29) is 5.96 Å². The molecule has 0 atom stereocenters. The van der Waals surface area contributed by atoms with Gasteiger partial charge >= 0.3 is 0 Å². The van der Waals surface area contributed by atoms with Gasteiger partial charge in [0.05, 0.1) is 18.6 Å². The number of guanidine groups is 1. The normalized spacial score (nSPS) is 10.1. The van der Waals surface area contributed by atoms with Crippen LogP contribution in [-0.2, 0) is 5.75 Å². The summed E-state index contributed by atoms with van der Waals surface area (Å²) in [7, 11) is 0. The molecule has 0 amide bonds. The number of halogens is 1. The molecule has 1 aromatic rings. The van der Waals surface area contributed by atoms with Crippen LogP contribution in [0.2, 0.25) is 0 Å². The predicted octanol–water partition coefficient (Wildman–Crippen LogP) is 0.679. The topological polar surface area (TPSA) is 93.1 Å². The highest BCUT2D eigenvalue weighted by Gasteiger charge is 2.00. The van der Waals surface area contributed by atoms with Gasteiger partial charge in [-0.3, -0.25) is 4.99 Å². The number of imidazole rings is 1. The van der Waals surface area contributed by atoms with Crippen LogP contribution < -0.4 is 11.5 Å². The van der Waals surface area contributed by atoms with Crippen molar-refractivity contribution in [1.82, 2.24) is 9.97 Å². The van der Waals surface area contributed by atoms with E-state index in [1.165, 1.54) is 0 Å². The first-order valence-electron chi connectivity index (χ1n) is 4.01. The van der Waals surface area contributed by atoms with E-state index in [0.29, 0.717) is 6.54 Å². The van der Waals surface area contributed by atoms with Gasteiger partial charge in [0, 0.05) is 11.5 Å². The maximum atomic E-state index is 5.19. The minimum atomic E-state index is 0.147. The average molecular weight is 278 g/mol. The fourth-order valence-electron chi connectivity index (χ4n) is 0.819. The molecule has 5 nitrogen and oxygen atoms in total. The second-order valence-electron chi connectivity index (χ2n) is 2.53. The number of nitrogens with zero attached hydrogens (tertiary/aromatic N) is 2. The Hall–Kier alpha value is -0.690. The van der Waals surface area contributed by atoms with E-state index in [0.717, 1.165) is 21.8 Å². The number of hydrogen-bond acceptors (Lipinski definition) is 3. The smallest absolute Gasteiger partial charge is 0.185 e. The molecule has 0 aliphatic rings. The number of hydrogen-bond donors (Lipinski definition) is 3. The quantitative estimate of drug-likeness (QED) is 0.419. The Labute approximate surface area is 94.9 Å². The zero-order valence-corrected chi connectivity index (χ0v) is 9.94. The second-order valence-corrected chi connectivity index (χ2v) is 4.39. The van der Waals surface area contributed by atoms with Crippen LogP contribution in [-0.4, -0.2) is 28.2 Å². The first kappa shape index (κ1) is 11.4. The van der Waals surface area contributed by atoms with Crippen LogP contribution in [0.25, 0.3) is 0 Å². The molecular weight excluding hydrogens is 266 g/mol. The molecule has 0 fully saturated rings. The number of aromatic amines is 1. The molecule has 0 saturated heterocycles. The molecule has 0 aromatic carbocycles. The van der Waals surface area contributed by atoms with Gasteiger partial charge in [0.25, 0.3) is 0 Å². The van der Waals surface area contributed by atoms with Crippen molar-refractivity contribution in [3.8, 4) is 0 Å². The summed E-state index contributed by atoms with van der Waals surface area (Å²) in [4.78, 5) is 10.9. The Morgan fingerprint density at radius 2 is 2.43 bits per heavy atom. The highest BCUT2D eigenvalue weighted by Crippen LogP contribution is 2.17. The monoisotopic (exact) mass is 277 g/mol. The molecular formula is C7H12BrN5S. The maximum absolute atomic E-state index is 5.19. The molecule has 0 radical (unpaired) electrons. The summed E-state index contributed by atoms with van der Waals surface area (Å²) in [6, 6.07) is 0. The van der Waals surface area contributed by atoms with E-state index < -0.39 is 0 Å². The van der Waals surface area contributed by atoms with Crippen molar-refractivity contribution in [3.63, 3.8) is 0 Å². The first-order valence-corrected chi connectivity index (χ1v) is 5.96. The summed E-state index contributed by atoms with van der Waals surface area (Å²) in [5.41, 5.74) is 11.5. The third kappa shape index (κ3) is 4.01. The molecule has 0 saturated carbocycles. The average Bonchev–Trinajstić information content (AvgIpc) is 2.51. The van der Waals surface area contributed by atoms with Crippen molar-refractivity contribution >= 4 is 33.7 Å². The van der Waals surface area contributed by atoms with E-state index in [1.807, 2.05) is 0 Å². The molecule has 1 rings (SSSR count). The van der Waals surface area contributed by atoms with Gasteiger partial charge in [-0.05, 0) is 15.9 Å². The van der Waals surface area contributed by atoms with Crippen LogP contribution in [0.1, 0.15) is 5.69 Å². The Balaban J connectivity index is 2.16. The Morgan fingerprint density at radius 3 is 3.00 bits per heavy atom. The number of thioether (sulfide) groups is 1. The number of nitrogens with one attached hydrogen (secondary N) is 1. The molecule has 0 spiro atoms. The Morgan fingerprint density at radius 1 is 1.64 bits per heavy atom. The van der Waals surface area contributed by atoms with Gasteiger partial charge in [-0.25, -0.2) is 4.98 Å². The van der Waals surface area contributed by atoms with Gasteiger partial charge in [0.15, 0.2) is 5.96 Å². The van der Waals surface area contributed by atoms with Crippen molar-refractivity contribution < 1.29 is 0 Å². The van der Waals surface area contributed by atoms with E-state index in [1.54, 1.807) is 18.1 Å². The Kier molecular flexibility index (Phi) is 4.81. The van der Waals surface area contributed by atoms with Gasteiger partial charge in [0.2, 0.25) is 0 Å². The van der Waals surface area contributed by atoms with Gasteiger partial charge in [-0.15, -0.1) is 0 Å². The van der Waals surface area contributed by atoms with E-state index >= 15 is 0 Å². The molecule has 0 bridgehead atoms.